The zero-order valence-corrected chi connectivity index (χ0v) is 18.4. The molecule has 138 valence electrons. The topological polar surface area (TPSA) is 32.7 Å². The van der Waals surface area contributed by atoms with E-state index in [4.69, 9.17) is 11.6 Å². The molecule has 0 bridgehead atoms. The summed E-state index contributed by atoms with van der Waals surface area (Å²) in [5, 5.41) is 0.646. The molecule has 0 atom stereocenters. The number of carbonyl (C=O) groups excluding carboxylic acids is 1. The van der Waals surface area contributed by atoms with E-state index in [0.717, 1.165) is 25.8 Å². The van der Waals surface area contributed by atoms with Crippen LogP contribution in [0.3, 0.4) is 0 Å². The number of amides is 1. The lowest BCUT2D eigenvalue weighted by molar-refractivity contribution is -0.113. The summed E-state index contributed by atoms with van der Waals surface area (Å²) >= 11 is 13.0. The maximum atomic E-state index is 13.3. The van der Waals surface area contributed by atoms with Crippen LogP contribution in [0.15, 0.2) is 92.4 Å². The Morgan fingerprint density at radius 1 is 0.929 bits per heavy atom. The van der Waals surface area contributed by atoms with Crippen molar-refractivity contribution in [2.24, 2.45) is 4.99 Å². The first kappa shape index (κ1) is 19.1. The van der Waals surface area contributed by atoms with Gasteiger partial charge in [-0.1, -0.05) is 79.9 Å². The normalized spacial score (nSPS) is 15.2. The van der Waals surface area contributed by atoms with Crippen LogP contribution >= 0.6 is 43.5 Å². The average molecular weight is 517 g/mol. The molecule has 0 radical (unpaired) electrons. The number of rotatable bonds is 3. The van der Waals surface area contributed by atoms with Crippen molar-refractivity contribution >= 4 is 67.0 Å². The first-order valence-corrected chi connectivity index (χ1v) is 10.4. The Morgan fingerprint density at radius 3 is 2.39 bits per heavy atom. The van der Waals surface area contributed by atoms with Crippen LogP contribution in [0.2, 0.25) is 5.02 Å². The van der Waals surface area contributed by atoms with Crippen LogP contribution in [0.1, 0.15) is 11.1 Å². The molecule has 3 aromatic carbocycles. The van der Waals surface area contributed by atoms with Gasteiger partial charge in [-0.2, -0.15) is 0 Å². The van der Waals surface area contributed by atoms with Crippen molar-refractivity contribution in [2.75, 3.05) is 4.90 Å². The van der Waals surface area contributed by atoms with Gasteiger partial charge in [0.15, 0.2) is 0 Å². The van der Waals surface area contributed by atoms with Crippen LogP contribution < -0.4 is 4.90 Å². The van der Waals surface area contributed by atoms with E-state index in [0.29, 0.717) is 16.6 Å². The van der Waals surface area contributed by atoms with Crippen LogP contribution in [-0.2, 0) is 4.79 Å². The molecule has 28 heavy (non-hydrogen) atoms. The van der Waals surface area contributed by atoms with Gasteiger partial charge >= 0.3 is 0 Å². The zero-order chi connectivity index (χ0) is 19.7. The SMILES string of the molecule is O=C1/C(=C\c2ccc(Cl)cc2)N=C(c2ccccc2Br)N1c1cccc(Br)c1. The van der Waals surface area contributed by atoms with Gasteiger partial charge in [0.25, 0.3) is 5.91 Å². The van der Waals surface area contributed by atoms with Gasteiger partial charge in [0.2, 0.25) is 0 Å². The largest absolute Gasteiger partial charge is 0.282 e. The fraction of sp³-hybridized carbons (Fsp3) is 0. The lowest BCUT2D eigenvalue weighted by atomic mass is 10.1. The van der Waals surface area contributed by atoms with Crippen LogP contribution in [0, 0.1) is 0 Å². The second-order valence-corrected chi connectivity index (χ2v) is 8.32. The van der Waals surface area contributed by atoms with Gasteiger partial charge in [-0.3, -0.25) is 9.69 Å². The first-order valence-electron chi connectivity index (χ1n) is 8.44. The maximum Gasteiger partial charge on any atom is 0.282 e. The van der Waals surface area contributed by atoms with E-state index in [1.54, 1.807) is 23.1 Å². The van der Waals surface area contributed by atoms with Gasteiger partial charge in [-0.25, -0.2) is 4.99 Å². The number of nitrogens with zero attached hydrogens (tertiary/aromatic N) is 2. The van der Waals surface area contributed by atoms with Crippen molar-refractivity contribution in [2.45, 2.75) is 0 Å². The van der Waals surface area contributed by atoms with Crippen molar-refractivity contribution < 1.29 is 4.79 Å². The molecule has 0 saturated carbocycles. The predicted molar refractivity (Wildman–Crippen MR) is 122 cm³/mol. The molecule has 0 spiro atoms. The summed E-state index contributed by atoms with van der Waals surface area (Å²) in [6, 6.07) is 22.6. The van der Waals surface area contributed by atoms with E-state index in [9.17, 15) is 4.79 Å². The fourth-order valence-corrected chi connectivity index (χ4v) is 3.89. The Hall–Kier alpha value is -2.21. The van der Waals surface area contributed by atoms with E-state index in [1.165, 1.54) is 0 Å². The lowest BCUT2D eigenvalue weighted by Gasteiger charge is -2.19. The molecule has 1 aliphatic heterocycles. The molecule has 1 aliphatic rings. The highest BCUT2D eigenvalue weighted by molar-refractivity contribution is 9.10. The summed E-state index contributed by atoms with van der Waals surface area (Å²) in [5.41, 5.74) is 2.82. The summed E-state index contributed by atoms with van der Waals surface area (Å²) in [6.07, 6.45) is 1.77. The first-order chi connectivity index (χ1) is 13.5. The third kappa shape index (κ3) is 3.83. The molecule has 0 N–H and O–H groups in total. The smallest absolute Gasteiger partial charge is 0.266 e. The lowest BCUT2D eigenvalue weighted by Crippen LogP contribution is -2.32. The Balaban J connectivity index is 1.85. The fourth-order valence-electron chi connectivity index (χ4n) is 2.91. The molecule has 1 heterocycles. The summed E-state index contributed by atoms with van der Waals surface area (Å²) in [5.74, 6) is 0.398. The van der Waals surface area contributed by atoms with Crippen molar-refractivity contribution in [3.63, 3.8) is 0 Å². The van der Waals surface area contributed by atoms with E-state index < -0.39 is 0 Å². The molecule has 0 aromatic heterocycles. The molecule has 0 fully saturated rings. The highest BCUT2D eigenvalue weighted by atomic mass is 79.9. The van der Waals surface area contributed by atoms with Crippen molar-refractivity contribution in [3.05, 3.63) is 104 Å². The Bertz CT molecular complexity index is 1120. The number of benzene rings is 3. The Morgan fingerprint density at radius 2 is 1.68 bits per heavy atom. The summed E-state index contributed by atoms with van der Waals surface area (Å²) in [4.78, 5) is 19.6. The number of halogens is 3. The molecule has 3 aromatic rings. The predicted octanol–water partition coefficient (Wildman–Crippen LogP) is 6.70. The number of hydrogen-bond acceptors (Lipinski definition) is 2. The van der Waals surface area contributed by atoms with Crippen molar-refractivity contribution in [1.82, 2.24) is 0 Å². The number of carbonyl (C=O) groups is 1. The molecule has 3 nitrogen and oxygen atoms in total. The zero-order valence-electron chi connectivity index (χ0n) is 14.4. The van der Waals surface area contributed by atoms with E-state index in [-0.39, 0.29) is 5.91 Å². The second-order valence-electron chi connectivity index (χ2n) is 6.12. The minimum atomic E-state index is -0.182. The van der Waals surface area contributed by atoms with Gasteiger partial charge < -0.3 is 0 Å². The van der Waals surface area contributed by atoms with Crippen molar-refractivity contribution in [3.8, 4) is 0 Å². The monoisotopic (exact) mass is 514 g/mol. The van der Waals surface area contributed by atoms with Gasteiger partial charge in [0.1, 0.15) is 11.5 Å². The molecule has 4 rings (SSSR count). The van der Waals surface area contributed by atoms with Crippen LogP contribution in [0.25, 0.3) is 6.08 Å². The van der Waals surface area contributed by atoms with Crippen LogP contribution in [-0.4, -0.2) is 11.7 Å². The molecule has 6 heteroatoms. The molecular weight excluding hydrogens is 504 g/mol. The molecule has 1 amide bonds. The Labute approximate surface area is 184 Å². The highest BCUT2D eigenvalue weighted by Gasteiger charge is 2.33. The summed E-state index contributed by atoms with van der Waals surface area (Å²) in [6.45, 7) is 0. The number of amidine groups is 1. The van der Waals surface area contributed by atoms with Gasteiger partial charge in [0.05, 0.1) is 5.69 Å². The molecule has 0 unspecified atom stereocenters. The number of aliphatic imine (C=N–C) groups is 1. The summed E-state index contributed by atoms with van der Waals surface area (Å²) in [7, 11) is 0. The van der Waals surface area contributed by atoms with Gasteiger partial charge in [0, 0.05) is 19.5 Å². The van der Waals surface area contributed by atoms with Crippen LogP contribution in [0.5, 0.6) is 0 Å². The van der Waals surface area contributed by atoms with Crippen LogP contribution in [0.4, 0.5) is 5.69 Å². The summed E-state index contributed by atoms with van der Waals surface area (Å²) < 4.78 is 1.76. The third-order valence-corrected chi connectivity index (χ3v) is 5.65. The quantitative estimate of drug-likeness (QED) is 0.357. The Kier molecular flexibility index (Phi) is 5.49. The number of anilines is 1. The molecule has 0 saturated heterocycles. The average Bonchev–Trinajstić information content (AvgIpc) is 3.00. The second kappa shape index (κ2) is 8.03. The molecular formula is C22H13Br2ClN2O. The van der Waals surface area contributed by atoms with E-state index in [2.05, 4.69) is 36.9 Å². The van der Waals surface area contributed by atoms with Crippen molar-refractivity contribution in [1.29, 1.82) is 0 Å². The third-order valence-electron chi connectivity index (χ3n) is 4.21. The van der Waals surface area contributed by atoms with Gasteiger partial charge in [-0.15, -0.1) is 0 Å². The minimum Gasteiger partial charge on any atom is -0.266 e. The minimum absolute atomic E-state index is 0.182. The maximum absolute atomic E-state index is 13.3. The standard InChI is InChI=1S/C22H13Br2ClN2O/c23-15-4-3-5-17(13-15)27-21(18-6-1-2-7-19(18)24)26-20(22(27)28)12-14-8-10-16(25)11-9-14/h1-13H/b20-12+. The van der Waals surface area contributed by atoms with Gasteiger partial charge in [-0.05, 0) is 48.0 Å². The highest BCUT2D eigenvalue weighted by Crippen LogP contribution is 2.31. The van der Waals surface area contributed by atoms with E-state index >= 15 is 0 Å². The van der Waals surface area contributed by atoms with E-state index in [1.807, 2.05) is 60.7 Å². The number of hydrogen-bond donors (Lipinski definition) is 0. The molecule has 0 aliphatic carbocycles.